The Morgan fingerprint density at radius 3 is 2.44 bits per heavy atom. The fourth-order valence-corrected chi connectivity index (χ4v) is 3.35. The topological polar surface area (TPSA) is 110 Å². The summed E-state index contributed by atoms with van der Waals surface area (Å²) in [4.78, 5) is 27.2. The molecule has 0 spiro atoms. The minimum Gasteiger partial charge on any atom is -0.497 e. The molecule has 2 unspecified atom stereocenters. The van der Waals surface area contributed by atoms with Gasteiger partial charge in [-0.25, -0.2) is 4.79 Å². The highest BCUT2D eigenvalue weighted by Crippen LogP contribution is 2.15. The number of rotatable bonds is 10. The number of amides is 2. The molecule has 9 heteroatoms. The van der Waals surface area contributed by atoms with E-state index < -0.39 is 24.1 Å². The molecular formula is C25H29N3O6. The zero-order chi connectivity index (χ0) is 24.2. The van der Waals surface area contributed by atoms with Crippen LogP contribution in [0.1, 0.15) is 11.1 Å². The molecule has 3 rings (SSSR count). The lowest BCUT2D eigenvalue weighted by Crippen LogP contribution is -2.48. The van der Waals surface area contributed by atoms with Crippen LogP contribution < -0.4 is 10.1 Å². The van der Waals surface area contributed by atoms with Crippen LogP contribution in [0.4, 0.5) is 4.79 Å². The van der Waals surface area contributed by atoms with Crippen LogP contribution in [-0.2, 0) is 32.0 Å². The Hall–Kier alpha value is -3.61. The molecule has 1 aliphatic rings. The zero-order valence-corrected chi connectivity index (χ0v) is 19.1. The second kappa shape index (κ2) is 13.2. The van der Waals surface area contributed by atoms with Gasteiger partial charge in [-0.2, -0.15) is 5.26 Å². The van der Waals surface area contributed by atoms with Crippen molar-refractivity contribution in [3.05, 3.63) is 65.7 Å². The molecule has 0 aliphatic carbocycles. The van der Waals surface area contributed by atoms with Gasteiger partial charge in [0.25, 0.3) is 5.91 Å². The van der Waals surface area contributed by atoms with Gasteiger partial charge < -0.3 is 29.2 Å². The molecular weight excluding hydrogens is 438 g/mol. The fourth-order valence-electron chi connectivity index (χ4n) is 3.35. The molecule has 9 nitrogen and oxygen atoms in total. The quantitative estimate of drug-likeness (QED) is 0.571. The van der Waals surface area contributed by atoms with Gasteiger partial charge in [0.15, 0.2) is 6.10 Å². The first-order valence-electron chi connectivity index (χ1n) is 11.1. The molecule has 34 heavy (non-hydrogen) atoms. The third kappa shape index (κ3) is 7.76. The molecule has 0 saturated carbocycles. The molecule has 1 heterocycles. The van der Waals surface area contributed by atoms with E-state index in [1.54, 1.807) is 31.4 Å². The van der Waals surface area contributed by atoms with Crippen LogP contribution in [0.25, 0.3) is 0 Å². The summed E-state index contributed by atoms with van der Waals surface area (Å²) in [5.74, 6) is 0.113. The van der Waals surface area contributed by atoms with E-state index in [0.29, 0.717) is 38.7 Å². The number of methoxy groups -OCH3 is 1. The van der Waals surface area contributed by atoms with Gasteiger partial charge in [-0.3, -0.25) is 4.79 Å². The van der Waals surface area contributed by atoms with E-state index in [0.717, 1.165) is 11.1 Å². The molecule has 1 N–H and O–H groups in total. The van der Waals surface area contributed by atoms with Crippen LogP contribution in [0.5, 0.6) is 5.75 Å². The molecule has 0 radical (unpaired) electrons. The summed E-state index contributed by atoms with van der Waals surface area (Å²) in [6.45, 7) is 1.94. The molecule has 180 valence electrons. The van der Waals surface area contributed by atoms with E-state index in [9.17, 15) is 14.9 Å². The van der Waals surface area contributed by atoms with Gasteiger partial charge in [-0.05, 0) is 23.3 Å². The van der Waals surface area contributed by atoms with Crippen molar-refractivity contribution in [2.45, 2.75) is 25.2 Å². The van der Waals surface area contributed by atoms with Gasteiger partial charge in [-0.1, -0.05) is 42.5 Å². The molecule has 2 aromatic carbocycles. The van der Waals surface area contributed by atoms with Crippen molar-refractivity contribution in [3.63, 3.8) is 0 Å². The number of nitriles is 1. The third-order valence-corrected chi connectivity index (χ3v) is 5.25. The normalized spacial score (nSPS) is 15.0. The second-order valence-corrected chi connectivity index (χ2v) is 7.72. The summed E-state index contributed by atoms with van der Waals surface area (Å²) in [5, 5.41) is 12.1. The minimum absolute atomic E-state index is 0.00377. The Morgan fingerprint density at radius 1 is 1.09 bits per heavy atom. The SMILES string of the molecule is COc1ccc(CC(OC(=O)N2CCOCC2)C(=O)NC(C#N)COCc2ccccc2)cc1. The van der Waals surface area contributed by atoms with Crippen LogP contribution in [0.2, 0.25) is 0 Å². The summed E-state index contributed by atoms with van der Waals surface area (Å²) >= 11 is 0. The Labute approximate surface area is 199 Å². The van der Waals surface area contributed by atoms with Gasteiger partial charge in [0.2, 0.25) is 0 Å². The Bertz CT molecular complexity index is 955. The Kier molecular flexibility index (Phi) is 9.70. The third-order valence-electron chi connectivity index (χ3n) is 5.25. The molecule has 2 aromatic rings. The van der Waals surface area contributed by atoms with Gasteiger partial charge in [-0.15, -0.1) is 0 Å². The van der Waals surface area contributed by atoms with E-state index in [1.165, 1.54) is 4.90 Å². The van der Waals surface area contributed by atoms with E-state index in [4.69, 9.17) is 18.9 Å². The van der Waals surface area contributed by atoms with Crippen LogP contribution in [-0.4, -0.2) is 69.1 Å². The number of ether oxygens (including phenoxy) is 4. The maximum atomic E-state index is 13.0. The number of carbonyl (C=O) groups is 2. The zero-order valence-electron chi connectivity index (χ0n) is 19.1. The largest absolute Gasteiger partial charge is 0.497 e. The second-order valence-electron chi connectivity index (χ2n) is 7.72. The summed E-state index contributed by atoms with van der Waals surface area (Å²) in [5.41, 5.74) is 1.74. The van der Waals surface area contributed by atoms with Crippen LogP contribution in [0.3, 0.4) is 0 Å². The van der Waals surface area contributed by atoms with Gasteiger partial charge in [0.1, 0.15) is 11.8 Å². The number of morpholine rings is 1. The first-order chi connectivity index (χ1) is 16.6. The lowest BCUT2D eigenvalue weighted by Gasteiger charge is -2.28. The average molecular weight is 468 g/mol. The molecule has 2 atom stereocenters. The number of benzene rings is 2. The highest BCUT2D eigenvalue weighted by molar-refractivity contribution is 5.84. The van der Waals surface area contributed by atoms with Crippen molar-refractivity contribution in [1.29, 1.82) is 5.26 Å². The van der Waals surface area contributed by atoms with Crippen LogP contribution >= 0.6 is 0 Å². The number of nitrogens with one attached hydrogen (secondary N) is 1. The summed E-state index contributed by atoms with van der Waals surface area (Å²) in [6, 6.07) is 17.8. The predicted molar refractivity (Wildman–Crippen MR) is 123 cm³/mol. The van der Waals surface area contributed by atoms with Crippen molar-refractivity contribution >= 4 is 12.0 Å². The van der Waals surface area contributed by atoms with E-state index in [2.05, 4.69) is 5.32 Å². The maximum absolute atomic E-state index is 13.0. The van der Waals surface area contributed by atoms with Crippen molar-refractivity contribution in [3.8, 4) is 11.8 Å². The van der Waals surface area contributed by atoms with Crippen LogP contribution in [0.15, 0.2) is 54.6 Å². The van der Waals surface area contributed by atoms with Crippen LogP contribution in [0, 0.1) is 11.3 Å². The van der Waals surface area contributed by atoms with E-state index in [-0.39, 0.29) is 13.0 Å². The first-order valence-corrected chi connectivity index (χ1v) is 11.1. The summed E-state index contributed by atoms with van der Waals surface area (Å²) in [6.07, 6.45) is -1.56. The lowest BCUT2D eigenvalue weighted by atomic mass is 10.1. The molecule has 1 fully saturated rings. The Morgan fingerprint density at radius 2 is 1.79 bits per heavy atom. The predicted octanol–water partition coefficient (Wildman–Crippen LogP) is 2.30. The number of hydrogen-bond acceptors (Lipinski definition) is 7. The average Bonchev–Trinajstić information content (AvgIpc) is 2.89. The molecule has 0 bridgehead atoms. The Balaban J connectivity index is 1.62. The molecule has 0 aromatic heterocycles. The van der Waals surface area contributed by atoms with E-state index >= 15 is 0 Å². The van der Waals surface area contributed by atoms with Gasteiger partial charge in [0, 0.05) is 19.5 Å². The van der Waals surface area contributed by atoms with Crippen molar-refractivity contribution in [2.75, 3.05) is 40.0 Å². The summed E-state index contributed by atoms with van der Waals surface area (Å²) in [7, 11) is 1.57. The number of carbonyl (C=O) groups excluding carboxylic acids is 2. The van der Waals surface area contributed by atoms with Crippen molar-refractivity contribution < 1.29 is 28.5 Å². The summed E-state index contributed by atoms with van der Waals surface area (Å²) < 4.78 is 21.6. The van der Waals surface area contributed by atoms with Gasteiger partial charge in [0.05, 0.1) is 39.6 Å². The number of hydrogen-bond donors (Lipinski definition) is 1. The lowest BCUT2D eigenvalue weighted by molar-refractivity contribution is -0.131. The highest BCUT2D eigenvalue weighted by Gasteiger charge is 2.29. The smallest absolute Gasteiger partial charge is 0.410 e. The maximum Gasteiger partial charge on any atom is 0.410 e. The molecule has 2 amide bonds. The highest BCUT2D eigenvalue weighted by atomic mass is 16.6. The van der Waals surface area contributed by atoms with Crippen molar-refractivity contribution in [2.24, 2.45) is 0 Å². The monoisotopic (exact) mass is 467 g/mol. The standard InChI is InChI=1S/C25H29N3O6/c1-31-22-9-7-19(8-10-22)15-23(34-25(30)28-11-13-32-14-12-28)24(29)27-21(16-26)18-33-17-20-5-3-2-4-6-20/h2-10,21,23H,11-15,17-18H2,1H3,(H,27,29). The minimum atomic E-state index is -1.12. The molecule has 1 aliphatic heterocycles. The molecule has 1 saturated heterocycles. The fraction of sp³-hybridized carbons (Fsp3) is 0.400. The first kappa shape index (κ1) is 25.0. The number of nitrogens with zero attached hydrogens (tertiary/aromatic N) is 2. The van der Waals surface area contributed by atoms with E-state index in [1.807, 2.05) is 36.4 Å². The van der Waals surface area contributed by atoms with Crippen molar-refractivity contribution in [1.82, 2.24) is 10.2 Å². The van der Waals surface area contributed by atoms with Gasteiger partial charge >= 0.3 is 6.09 Å².